The monoisotopic (exact) mass is 342 g/mol. The molecule has 0 aliphatic heterocycles. The van der Waals surface area contributed by atoms with Gasteiger partial charge < -0.3 is 20.1 Å². The summed E-state index contributed by atoms with van der Waals surface area (Å²) in [5.41, 5.74) is 3.01. The number of carbonyl (C=O) groups is 2. The summed E-state index contributed by atoms with van der Waals surface area (Å²) in [4.78, 5) is 24.5. The number of rotatable bonds is 6. The highest BCUT2D eigenvalue weighted by atomic mass is 16.5. The molecule has 0 fully saturated rings. The number of para-hydroxylation sites is 1. The summed E-state index contributed by atoms with van der Waals surface area (Å²) in [7, 11) is 2.99. The summed E-state index contributed by atoms with van der Waals surface area (Å²) >= 11 is 0. The molecule has 0 aliphatic rings. The minimum atomic E-state index is -0.410. The van der Waals surface area contributed by atoms with Crippen molar-refractivity contribution < 1.29 is 19.1 Å². The number of carbonyl (C=O) groups excluding carboxylic acids is 2. The molecular formula is C19H22N2O4. The van der Waals surface area contributed by atoms with E-state index in [0.29, 0.717) is 17.1 Å². The Bertz CT molecular complexity index is 767. The number of benzene rings is 2. The van der Waals surface area contributed by atoms with Gasteiger partial charge in [0.25, 0.3) is 5.91 Å². The highest BCUT2D eigenvalue weighted by molar-refractivity contribution is 6.01. The molecule has 0 saturated heterocycles. The summed E-state index contributed by atoms with van der Waals surface area (Å²) in [6.45, 7) is 3.69. The molecule has 0 radical (unpaired) electrons. The maximum atomic E-state index is 12.4. The highest BCUT2D eigenvalue weighted by Crippen LogP contribution is 2.24. The summed E-state index contributed by atoms with van der Waals surface area (Å²) in [5, 5.41) is 5.42. The summed E-state index contributed by atoms with van der Waals surface area (Å²) < 4.78 is 10.3. The predicted molar refractivity (Wildman–Crippen MR) is 96.4 cm³/mol. The van der Waals surface area contributed by atoms with E-state index in [9.17, 15) is 9.59 Å². The standard InChI is InChI=1S/C19H22N2O4/c1-12-6-5-7-13(2)18(12)21-17(22)11-20-19(23)15-10-14(24-3)8-9-16(15)25-4/h5-10H,11H2,1-4H3,(H,20,23)(H,21,22). The zero-order chi connectivity index (χ0) is 18.4. The lowest BCUT2D eigenvalue weighted by Gasteiger charge is -2.13. The van der Waals surface area contributed by atoms with Crippen molar-refractivity contribution in [2.45, 2.75) is 13.8 Å². The Morgan fingerprint density at radius 1 is 1.00 bits per heavy atom. The fourth-order valence-electron chi connectivity index (χ4n) is 2.44. The van der Waals surface area contributed by atoms with Crippen LogP contribution in [-0.2, 0) is 4.79 Å². The van der Waals surface area contributed by atoms with E-state index in [1.54, 1.807) is 18.2 Å². The number of hydrogen-bond donors (Lipinski definition) is 2. The number of aryl methyl sites for hydroxylation is 2. The summed E-state index contributed by atoms with van der Waals surface area (Å²) in [6, 6.07) is 10.7. The van der Waals surface area contributed by atoms with Crippen molar-refractivity contribution in [2.24, 2.45) is 0 Å². The van der Waals surface area contributed by atoms with E-state index in [4.69, 9.17) is 9.47 Å². The Morgan fingerprint density at radius 3 is 2.28 bits per heavy atom. The Balaban J connectivity index is 2.03. The van der Waals surface area contributed by atoms with Crippen molar-refractivity contribution in [3.8, 4) is 11.5 Å². The normalized spacial score (nSPS) is 10.1. The number of anilines is 1. The molecule has 2 aromatic carbocycles. The fourth-order valence-corrected chi connectivity index (χ4v) is 2.44. The predicted octanol–water partition coefficient (Wildman–Crippen LogP) is 2.69. The van der Waals surface area contributed by atoms with Crippen LogP contribution in [-0.4, -0.2) is 32.6 Å². The minimum Gasteiger partial charge on any atom is -0.497 e. The maximum Gasteiger partial charge on any atom is 0.255 e. The van der Waals surface area contributed by atoms with Gasteiger partial charge in [-0.2, -0.15) is 0 Å². The molecule has 0 saturated carbocycles. The van der Waals surface area contributed by atoms with Crippen LogP contribution < -0.4 is 20.1 Å². The van der Waals surface area contributed by atoms with Crippen molar-refractivity contribution in [3.63, 3.8) is 0 Å². The van der Waals surface area contributed by atoms with E-state index in [1.165, 1.54) is 14.2 Å². The molecule has 25 heavy (non-hydrogen) atoms. The number of ether oxygens (including phenoxy) is 2. The third-order valence-electron chi connectivity index (χ3n) is 3.81. The van der Waals surface area contributed by atoms with Gasteiger partial charge >= 0.3 is 0 Å². The van der Waals surface area contributed by atoms with Gasteiger partial charge in [0.15, 0.2) is 0 Å². The van der Waals surface area contributed by atoms with Crippen LogP contribution in [0, 0.1) is 13.8 Å². The van der Waals surface area contributed by atoms with Gasteiger partial charge in [0.05, 0.1) is 26.3 Å². The van der Waals surface area contributed by atoms with E-state index in [0.717, 1.165) is 16.8 Å². The molecule has 132 valence electrons. The van der Waals surface area contributed by atoms with Gasteiger partial charge in [-0.15, -0.1) is 0 Å². The number of hydrogen-bond acceptors (Lipinski definition) is 4. The third-order valence-corrected chi connectivity index (χ3v) is 3.81. The Kier molecular flexibility index (Phi) is 6.00. The van der Waals surface area contributed by atoms with E-state index in [-0.39, 0.29) is 12.5 Å². The molecule has 0 bridgehead atoms. The van der Waals surface area contributed by atoms with Gasteiger partial charge in [0.1, 0.15) is 11.5 Å². The molecule has 2 aromatic rings. The minimum absolute atomic E-state index is 0.146. The van der Waals surface area contributed by atoms with Crippen LogP contribution in [0.3, 0.4) is 0 Å². The topological polar surface area (TPSA) is 76.7 Å². The zero-order valence-electron chi connectivity index (χ0n) is 14.8. The van der Waals surface area contributed by atoms with Crippen LogP contribution in [0.25, 0.3) is 0 Å². The first-order valence-corrected chi connectivity index (χ1v) is 7.82. The van der Waals surface area contributed by atoms with E-state index in [2.05, 4.69) is 10.6 Å². The van der Waals surface area contributed by atoms with Gasteiger partial charge in [0.2, 0.25) is 5.91 Å². The number of amides is 2. The fraction of sp³-hybridized carbons (Fsp3) is 0.263. The molecule has 0 unspecified atom stereocenters. The van der Waals surface area contributed by atoms with Crippen molar-refractivity contribution in [2.75, 3.05) is 26.1 Å². The van der Waals surface area contributed by atoms with Crippen molar-refractivity contribution in [1.29, 1.82) is 0 Å². The Hall–Kier alpha value is -3.02. The Labute approximate surface area is 147 Å². The molecule has 0 spiro atoms. The molecule has 2 rings (SSSR count). The number of nitrogens with one attached hydrogen (secondary N) is 2. The van der Waals surface area contributed by atoms with Crippen LogP contribution >= 0.6 is 0 Å². The van der Waals surface area contributed by atoms with E-state index >= 15 is 0 Å². The molecule has 2 N–H and O–H groups in total. The molecule has 0 aliphatic carbocycles. The largest absolute Gasteiger partial charge is 0.497 e. The first-order chi connectivity index (χ1) is 12.0. The molecule has 6 nitrogen and oxygen atoms in total. The lowest BCUT2D eigenvalue weighted by Crippen LogP contribution is -2.33. The van der Waals surface area contributed by atoms with Crippen molar-refractivity contribution >= 4 is 17.5 Å². The van der Waals surface area contributed by atoms with Crippen LogP contribution in [0.4, 0.5) is 5.69 Å². The highest BCUT2D eigenvalue weighted by Gasteiger charge is 2.15. The van der Waals surface area contributed by atoms with E-state index < -0.39 is 5.91 Å². The number of methoxy groups -OCH3 is 2. The quantitative estimate of drug-likeness (QED) is 0.846. The van der Waals surface area contributed by atoms with Gasteiger partial charge in [-0.25, -0.2) is 0 Å². The second-order valence-corrected chi connectivity index (χ2v) is 5.56. The van der Waals surface area contributed by atoms with Crippen molar-refractivity contribution in [3.05, 3.63) is 53.1 Å². The Morgan fingerprint density at radius 2 is 1.68 bits per heavy atom. The molecule has 0 heterocycles. The lowest BCUT2D eigenvalue weighted by molar-refractivity contribution is -0.115. The van der Waals surface area contributed by atoms with Gasteiger partial charge in [-0.3, -0.25) is 9.59 Å². The van der Waals surface area contributed by atoms with Crippen LogP contribution in [0.5, 0.6) is 11.5 Å². The van der Waals surface area contributed by atoms with Gasteiger partial charge in [-0.05, 0) is 43.2 Å². The SMILES string of the molecule is COc1ccc(OC)c(C(=O)NCC(=O)Nc2c(C)cccc2C)c1. The first-order valence-electron chi connectivity index (χ1n) is 7.82. The molecule has 0 aromatic heterocycles. The van der Waals surface area contributed by atoms with Crippen LogP contribution in [0.1, 0.15) is 21.5 Å². The average Bonchev–Trinajstić information content (AvgIpc) is 2.62. The van der Waals surface area contributed by atoms with E-state index in [1.807, 2.05) is 32.0 Å². The molecular weight excluding hydrogens is 320 g/mol. The summed E-state index contributed by atoms with van der Waals surface area (Å²) in [5.74, 6) is 0.236. The second kappa shape index (κ2) is 8.19. The smallest absolute Gasteiger partial charge is 0.255 e. The van der Waals surface area contributed by atoms with Crippen LogP contribution in [0.15, 0.2) is 36.4 Å². The second-order valence-electron chi connectivity index (χ2n) is 5.56. The average molecular weight is 342 g/mol. The summed E-state index contributed by atoms with van der Waals surface area (Å²) in [6.07, 6.45) is 0. The lowest BCUT2D eigenvalue weighted by atomic mass is 10.1. The maximum absolute atomic E-state index is 12.4. The van der Waals surface area contributed by atoms with Crippen LogP contribution in [0.2, 0.25) is 0 Å². The van der Waals surface area contributed by atoms with Gasteiger partial charge in [0, 0.05) is 5.69 Å². The zero-order valence-corrected chi connectivity index (χ0v) is 14.8. The molecule has 0 atom stereocenters. The third kappa shape index (κ3) is 4.50. The van der Waals surface area contributed by atoms with Crippen molar-refractivity contribution in [1.82, 2.24) is 5.32 Å². The molecule has 6 heteroatoms. The molecule has 2 amide bonds. The first kappa shape index (κ1) is 18.3. The van der Waals surface area contributed by atoms with Gasteiger partial charge in [-0.1, -0.05) is 18.2 Å².